The molecule has 0 aromatic heterocycles. The number of phenols is 2. The Bertz CT molecular complexity index is 1050. The third kappa shape index (κ3) is 4.47. The van der Waals surface area contributed by atoms with Gasteiger partial charge in [0.2, 0.25) is 5.75 Å². The summed E-state index contributed by atoms with van der Waals surface area (Å²) in [5, 5.41) is 20.3. The molecule has 0 spiro atoms. The van der Waals surface area contributed by atoms with Gasteiger partial charge in [0, 0.05) is 11.6 Å². The van der Waals surface area contributed by atoms with Crippen LogP contribution in [-0.4, -0.2) is 42.6 Å². The molecule has 1 aliphatic heterocycles. The minimum atomic E-state index is -0.665. The maximum Gasteiger partial charge on any atom is 0.330 e. The van der Waals surface area contributed by atoms with E-state index in [0.29, 0.717) is 17.7 Å². The highest BCUT2D eigenvalue weighted by Crippen LogP contribution is 2.43. The lowest BCUT2D eigenvalue weighted by Gasteiger charge is -2.37. The number of hydrogen-bond donors (Lipinski definition) is 2. The SMILES string of the molecule is COc1cc(/C=C/C(=O)OCC2(C)CCc3c(C)c(O)c(C)c(C)c3O2)cc(OC)c1O. The van der Waals surface area contributed by atoms with Crippen LogP contribution in [0.2, 0.25) is 0 Å². The molecule has 0 amide bonds. The number of fused-ring (bicyclic) bond motifs is 1. The summed E-state index contributed by atoms with van der Waals surface area (Å²) in [4.78, 5) is 12.3. The second kappa shape index (κ2) is 9.02. The number of hydrogen-bond acceptors (Lipinski definition) is 7. The highest BCUT2D eigenvalue weighted by atomic mass is 16.6. The van der Waals surface area contributed by atoms with Gasteiger partial charge in [0.25, 0.3) is 0 Å². The lowest BCUT2D eigenvalue weighted by molar-refractivity contribution is -0.144. The predicted molar refractivity (Wildman–Crippen MR) is 121 cm³/mol. The van der Waals surface area contributed by atoms with Crippen LogP contribution in [0.3, 0.4) is 0 Å². The second-order valence-corrected chi connectivity index (χ2v) is 8.30. The van der Waals surface area contributed by atoms with Gasteiger partial charge in [-0.05, 0) is 81.0 Å². The summed E-state index contributed by atoms with van der Waals surface area (Å²) < 4.78 is 22.0. The van der Waals surface area contributed by atoms with Gasteiger partial charge < -0.3 is 29.2 Å². The highest BCUT2D eigenvalue weighted by molar-refractivity contribution is 5.87. The molecule has 32 heavy (non-hydrogen) atoms. The number of aromatic hydroxyl groups is 2. The van der Waals surface area contributed by atoms with E-state index >= 15 is 0 Å². The molecule has 7 heteroatoms. The van der Waals surface area contributed by atoms with Gasteiger partial charge in [0.1, 0.15) is 23.7 Å². The smallest absolute Gasteiger partial charge is 0.330 e. The van der Waals surface area contributed by atoms with Crippen molar-refractivity contribution in [1.29, 1.82) is 0 Å². The van der Waals surface area contributed by atoms with Crippen molar-refractivity contribution in [3.8, 4) is 28.7 Å². The molecule has 0 aliphatic carbocycles. The molecule has 0 fully saturated rings. The van der Waals surface area contributed by atoms with Crippen molar-refractivity contribution in [2.75, 3.05) is 20.8 Å². The topological polar surface area (TPSA) is 94.5 Å². The molecule has 1 atom stereocenters. The maximum atomic E-state index is 12.3. The molecule has 172 valence electrons. The van der Waals surface area contributed by atoms with E-state index < -0.39 is 11.6 Å². The van der Waals surface area contributed by atoms with E-state index in [2.05, 4.69) is 0 Å². The van der Waals surface area contributed by atoms with Crippen molar-refractivity contribution >= 4 is 12.0 Å². The first-order chi connectivity index (χ1) is 15.1. The third-order valence-corrected chi connectivity index (χ3v) is 6.03. The number of rotatable bonds is 6. The Hall–Kier alpha value is -3.35. The van der Waals surface area contributed by atoms with Crippen LogP contribution >= 0.6 is 0 Å². The lowest BCUT2D eigenvalue weighted by Crippen LogP contribution is -2.42. The first-order valence-electron chi connectivity index (χ1n) is 10.4. The first-order valence-corrected chi connectivity index (χ1v) is 10.4. The van der Waals surface area contributed by atoms with Crippen LogP contribution in [0.4, 0.5) is 0 Å². The second-order valence-electron chi connectivity index (χ2n) is 8.30. The quantitative estimate of drug-likeness (QED) is 0.506. The van der Waals surface area contributed by atoms with Gasteiger partial charge in [-0.2, -0.15) is 0 Å². The van der Waals surface area contributed by atoms with E-state index in [1.54, 1.807) is 18.2 Å². The Morgan fingerprint density at radius 1 is 1.06 bits per heavy atom. The Labute approximate surface area is 188 Å². The van der Waals surface area contributed by atoms with Gasteiger partial charge in [-0.3, -0.25) is 0 Å². The number of phenolic OH excluding ortho intramolecular Hbond substituents is 2. The number of methoxy groups -OCH3 is 2. The minimum Gasteiger partial charge on any atom is -0.507 e. The number of carbonyl (C=O) groups is 1. The molecule has 0 saturated heterocycles. The molecule has 0 radical (unpaired) electrons. The molecule has 3 rings (SSSR count). The summed E-state index contributed by atoms with van der Waals surface area (Å²) in [6.07, 6.45) is 4.26. The molecule has 2 aromatic carbocycles. The van der Waals surface area contributed by atoms with E-state index in [1.807, 2.05) is 27.7 Å². The van der Waals surface area contributed by atoms with Crippen LogP contribution in [0.5, 0.6) is 28.7 Å². The summed E-state index contributed by atoms with van der Waals surface area (Å²) in [6, 6.07) is 3.18. The molecule has 0 bridgehead atoms. The molecule has 0 saturated carbocycles. The van der Waals surface area contributed by atoms with Gasteiger partial charge in [0.05, 0.1) is 14.2 Å². The normalized spacial score (nSPS) is 17.6. The fourth-order valence-corrected chi connectivity index (χ4v) is 3.84. The monoisotopic (exact) mass is 442 g/mol. The van der Waals surface area contributed by atoms with Crippen LogP contribution in [0.1, 0.15) is 41.2 Å². The summed E-state index contributed by atoms with van der Waals surface area (Å²) in [6.45, 7) is 7.69. The molecular weight excluding hydrogens is 412 g/mol. The van der Waals surface area contributed by atoms with Crippen molar-refractivity contribution in [1.82, 2.24) is 0 Å². The van der Waals surface area contributed by atoms with E-state index in [-0.39, 0.29) is 23.9 Å². The fraction of sp³-hybridized carbons (Fsp3) is 0.400. The number of benzene rings is 2. The highest BCUT2D eigenvalue weighted by Gasteiger charge is 2.35. The van der Waals surface area contributed by atoms with Gasteiger partial charge in [-0.1, -0.05) is 0 Å². The van der Waals surface area contributed by atoms with Gasteiger partial charge in [-0.15, -0.1) is 0 Å². The Kier molecular flexibility index (Phi) is 6.57. The molecule has 7 nitrogen and oxygen atoms in total. The van der Waals surface area contributed by atoms with Crippen LogP contribution in [0.15, 0.2) is 18.2 Å². The Morgan fingerprint density at radius 3 is 2.28 bits per heavy atom. The molecule has 1 heterocycles. The largest absolute Gasteiger partial charge is 0.507 e. The maximum absolute atomic E-state index is 12.3. The van der Waals surface area contributed by atoms with Gasteiger partial charge in [-0.25, -0.2) is 4.79 Å². The Morgan fingerprint density at radius 2 is 1.69 bits per heavy atom. The third-order valence-electron chi connectivity index (χ3n) is 6.03. The van der Waals surface area contributed by atoms with E-state index in [0.717, 1.165) is 34.4 Å². The first kappa shape index (κ1) is 23.3. The van der Waals surface area contributed by atoms with E-state index in [4.69, 9.17) is 18.9 Å². The number of carbonyl (C=O) groups excluding carboxylic acids is 1. The van der Waals surface area contributed by atoms with Crippen molar-refractivity contribution < 1.29 is 34.0 Å². The van der Waals surface area contributed by atoms with Crippen molar-refractivity contribution in [3.63, 3.8) is 0 Å². The number of esters is 1. The standard InChI is InChI=1S/C25H30O7/c1-14-15(2)24-18(16(3)22(14)27)9-10-25(4,32-24)13-31-21(26)8-7-17-11-19(29-5)23(28)20(12-17)30-6/h7-8,11-12,27-28H,9-10,13H2,1-6H3/b8-7+. The Balaban J connectivity index is 1.70. The predicted octanol–water partition coefficient (Wildman–Crippen LogP) is 4.38. The molecule has 1 unspecified atom stereocenters. The molecule has 2 aromatic rings. The van der Waals surface area contributed by atoms with Crippen molar-refractivity contribution in [3.05, 3.63) is 46.0 Å². The van der Waals surface area contributed by atoms with E-state index in [1.165, 1.54) is 20.3 Å². The summed E-state index contributed by atoms with van der Waals surface area (Å²) in [5.41, 5.74) is 3.49. The molecular formula is C25H30O7. The van der Waals surface area contributed by atoms with E-state index in [9.17, 15) is 15.0 Å². The van der Waals surface area contributed by atoms with Crippen molar-refractivity contribution in [2.24, 2.45) is 0 Å². The molecule has 1 aliphatic rings. The fourth-order valence-electron chi connectivity index (χ4n) is 3.84. The van der Waals surface area contributed by atoms with Crippen LogP contribution in [-0.2, 0) is 16.0 Å². The van der Waals surface area contributed by atoms with Crippen LogP contribution < -0.4 is 14.2 Å². The summed E-state index contributed by atoms with van der Waals surface area (Å²) in [7, 11) is 2.87. The summed E-state index contributed by atoms with van der Waals surface area (Å²) >= 11 is 0. The minimum absolute atomic E-state index is 0.0935. The zero-order valence-electron chi connectivity index (χ0n) is 19.4. The average molecular weight is 443 g/mol. The molecule has 2 N–H and O–H groups in total. The zero-order valence-corrected chi connectivity index (χ0v) is 19.4. The lowest BCUT2D eigenvalue weighted by atomic mass is 9.87. The van der Waals surface area contributed by atoms with Crippen LogP contribution in [0, 0.1) is 20.8 Å². The number of ether oxygens (including phenoxy) is 4. The van der Waals surface area contributed by atoms with Gasteiger partial charge in [0.15, 0.2) is 11.5 Å². The summed E-state index contributed by atoms with van der Waals surface area (Å²) in [5.74, 6) is 0.944. The van der Waals surface area contributed by atoms with Gasteiger partial charge >= 0.3 is 5.97 Å². The van der Waals surface area contributed by atoms with Crippen molar-refractivity contribution in [2.45, 2.75) is 46.1 Å². The zero-order chi connectivity index (χ0) is 23.6. The van der Waals surface area contributed by atoms with Crippen LogP contribution in [0.25, 0.3) is 6.08 Å². The average Bonchev–Trinajstić information content (AvgIpc) is 2.79.